The lowest BCUT2D eigenvalue weighted by Gasteiger charge is -2.28. The van der Waals surface area contributed by atoms with Crippen LogP contribution in [0.4, 0.5) is 34.1 Å². The molecule has 52 heavy (non-hydrogen) atoms. The Labute approximate surface area is 307 Å². The van der Waals surface area contributed by atoms with Crippen molar-refractivity contribution in [2.24, 2.45) is 0 Å². The first-order chi connectivity index (χ1) is 25.3. The van der Waals surface area contributed by atoms with Crippen LogP contribution >= 0.6 is 0 Å². The highest BCUT2D eigenvalue weighted by atomic mass is 16.5. The number of benzene rings is 7. The first-order valence-electron chi connectivity index (χ1n) is 17.7. The van der Waals surface area contributed by atoms with E-state index >= 15 is 0 Å². The molecule has 0 saturated heterocycles. The highest BCUT2D eigenvalue weighted by molar-refractivity contribution is 5.82. The summed E-state index contributed by atoms with van der Waals surface area (Å²) in [6.45, 7) is 8.50. The second-order valence-electron chi connectivity index (χ2n) is 13.5. The van der Waals surface area contributed by atoms with Crippen molar-refractivity contribution in [3.05, 3.63) is 186 Å². The molecule has 0 aliphatic heterocycles. The van der Waals surface area contributed by atoms with Gasteiger partial charge in [0.25, 0.3) is 0 Å². The van der Waals surface area contributed by atoms with Crippen molar-refractivity contribution < 1.29 is 9.84 Å². The van der Waals surface area contributed by atoms with Crippen LogP contribution in [-0.2, 0) is 6.61 Å². The lowest BCUT2D eigenvalue weighted by Crippen LogP contribution is -2.11. The van der Waals surface area contributed by atoms with Crippen molar-refractivity contribution in [1.82, 2.24) is 0 Å². The van der Waals surface area contributed by atoms with Gasteiger partial charge in [0.1, 0.15) is 5.75 Å². The average Bonchev–Trinajstić information content (AvgIpc) is 3.17. The van der Waals surface area contributed by atoms with Gasteiger partial charge >= 0.3 is 0 Å². The van der Waals surface area contributed by atoms with E-state index in [2.05, 4.69) is 183 Å². The number of methoxy groups -OCH3 is 1. The first kappa shape index (κ1) is 34.4. The first-order valence-corrected chi connectivity index (χ1v) is 17.7. The molecular formula is C48H44N2O2. The van der Waals surface area contributed by atoms with Crippen molar-refractivity contribution in [3.63, 3.8) is 0 Å². The maximum atomic E-state index is 9.70. The van der Waals surface area contributed by atoms with Crippen molar-refractivity contribution in [1.29, 1.82) is 0 Å². The maximum absolute atomic E-state index is 9.70. The van der Waals surface area contributed by atoms with Crippen molar-refractivity contribution >= 4 is 34.1 Å². The molecule has 0 spiro atoms. The van der Waals surface area contributed by atoms with Crippen LogP contribution in [0.3, 0.4) is 0 Å². The number of anilines is 6. The summed E-state index contributed by atoms with van der Waals surface area (Å²) in [5, 5.41) is 9.70. The minimum absolute atomic E-state index is 0.0290. The van der Waals surface area contributed by atoms with Gasteiger partial charge in [-0.1, -0.05) is 84.9 Å². The molecule has 4 nitrogen and oxygen atoms in total. The third-order valence-electron chi connectivity index (χ3n) is 9.65. The fraction of sp³-hybridized carbons (Fsp3) is 0.125. The topological polar surface area (TPSA) is 35.9 Å². The quantitative estimate of drug-likeness (QED) is 0.156. The lowest BCUT2D eigenvalue weighted by atomic mass is 9.99. The van der Waals surface area contributed by atoms with Gasteiger partial charge in [0.05, 0.1) is 13.7 Å². The van der Waals surface area contributed by atoms with E-state index in [1.165, 1.54) is 16.7 Å². The smallest absolute Gasteiger partial charge is 0.119 e. The van der Waals surface area contributed by atoms with E-state index in [9.17, 15) is 5.11 Å². The van der Waals surface area contributed by atoms with E-state index in [1.807, 2.05) is 12.1 Å². The minimum Gasteiger partial charge on any atom is -0.497 e. The molecule has 7 aromatic carbocycles. The minimum atomic E-state index is 0.0290. The van der Waals surface area contributed by atoms with Crippen LogP contribution in [0.15, 0.2) is 158 Å². The molecule has 0 amide bonds. The molecule has 0 unspecified atom stereocenters. The van der Waals surface area contributed by atoms with Gasteiger partial charge in [-0.2, -0.15) is 0 Å². The number of hydrogen-bond donors (Lipinski definition) is 1. The predicted octanol–water partition coefficient (Wildman–Crippen LogP) is 12.7. The van der Waals surface area contributed by atoms with Gasteiger partial charge in [-0.15, -0.1) is 0 Å². The Morgan fingerprint density at radius 3 is 1.25 bits per heavy atom. The molecule has 258 valence electrons. The highest BCUT2D eigenvalue weighted by Crippen LogP contribution is 2.40. The van der Waals surface area contributed by atoms with Crippen LogP contribution in [0.5, 0.6) is 5.75 Å². The fourth-order valence-corrected chi connectivity index (χ4v) is 6.92. The number of aryl methyl sites for hydroxylation is 4. The standard InChI is InChI=1S/C48H44N2O2/c1-33-8-6-10-44(28-33)49(47-26-12-37(32-51)30-35(47)3)42-21-17-40(18-22-42)38-13-15-39(16-14-38)41-19-23-43(24-20-41)50(45-11-7-9-34(2)29-45)48-27-25-46(52-5)31-36(48)4/h6-31,51H,32H2,1-5H3. The zero-order chi connectivity index (χ0) is 36.2. The van der Waals surface area contributed by atoms with Crippen molar-refractivity contribution in [2.75, 3.05) is 16.9 Å². The summed E-state index contributed by atoms with van der Waals surface area (Å²) in [4.78, 5) is 4.60. The Balaban J connectivity index is 1.15. The second kappa shape index (κ2) is 15.0. The number of rotatable bonds is 10. The maximum Gasteiger partial charge on any atom is 0.119 e. The van der Waals surface area contributed by atoms with E-state index in [0.717, 1.165) is 73.3 Å². The highest BCUT2D eigenvalue weighted by Gasteiger charge is 2.17. The Morgan fingerprint density at radius 1 is 0.442 bits per heavy atom. The zero-order valence-electron chi connectivity index (χ0n) is 30.5. The summed E-state index contributed by atoms with van der Waals surface area (Å²) in [7, 11) is 1.71. The largest absolute Gasteiger partial charge is 0.497 e. The molecule has 0 bridgehead atoms. The van der Waals surface area contributed by atoms with Gasteiger partial charge in [-0.3, -0.25) is 0 Å². The van der Waals surface area contributed by atoms with Crippen LogP contribution in [0, 0.1) is 27.7 Å². The van der Waals surface area contributed by atoms with Crippen molar-refractivity contribution in [3.8, 4) is 28.0 Å². The summed E-state index contributed by atoms with van der Waals surface area (Å²) in [5.74, 6) is 0.852. The number of nitrogens with zero attached hydrogens (tertiary/aromatic N) is 2. The molecule has 7 rings (SSSR count). The van der Waals surface area contributed by atoms with Gasteiger partial charge in [-0.25, -0.2) is 0 Å². The van der Waals surface area contributed by atoms with E-state index < -0.39 is 0 Å². The summed E-state index contributed by atoms with van der Waals surface area (Å²) < 4.78 is 5.50. The van der Waals surface area contributed by atoms with Crippen molar-refractivity contribution in [2.45, 2.75) is 34.3 Å². The molecule has 0 saturated carbocycles. The van der Waals surface area contributed by atoms with E-state index in [-0.39, 0.29) is 6.61 Å². The number of ether oxygens (including phenoxy) is 1. The molecule has 0 heterocycles. The molecular weight excluding hydrogens is 637 g/mol. The molecule has 0 fully saturated rings. The third-order valence-corrected chi connectivity index (χ3v) is 9.65. The summed E-state index contributed by atoms with van der Waals surface area (Å²) in [6, 6.07) is 56.0. The Bertz CT molecular complexity index is 2140. The van der Waals surface area contributed by atoms with Crippen LogP contribution in [0.25, 0.3) is 22.3 Å². The number of aliphatic hydroxyl groups is 1. The summed E-state index contributed by atoms with van der Waals surface area (Å²) in [5.41, 5.74) is 16.8. The van der Waals surface area contributed by atoms with E-state index in [1.54, 1.807) is 7.11 Å². The lowest BCUT2D eigenvalue weighted by molar-refractivity contribution is 0.282. The molecule has 0 aliphatic rings. The van der Waals surface area contributed by atoms with Gasteiger partial charge in [0.2, 0.25) is 0 Å². The average molecular weight is 681 g/mol. The zero-order valence-corrected chi connectivity index (χ0v) is 30.5. The molecule has 0 aliphatic carbocycles. The van der Waals surface area contributed by atoms with E-state index in [0.29, 0.717) is 0 Å². The van der Waals surface area contributed by atoms with E-state index in [4.69, 9.17) is 4.74 Å². The van der Waals surface area contributed by atoms with Crippen LogP contribution < -0.4 is 14.5 Å². The van der Waals surface area contributed by atoms with Gasteiger partial charge in [0, 0.05) is 34.1 Å². The van der Waals surface area contributed by atoms with Gasteiger partial charge in [-0.05, 0) is 151 Å². The Morgan fingerprint density at radius 2 is 0.865 bits per heavy atom. The molecule has 0 atom stereocenters. The molecule has 7 aromatic rings. The fourth-order valence-electron chi connectivity index (χ4n) is 6.92. The summed E-state index contributed by atoms with van der Waals surface area (Å²) in [6.07, 6.45) is 0. The molecule has 1 N–H and O–H groups in total. The van der Waals surface area contributed by atoms with Gasteiger partial charge < -0.3 is 19.6 Å². The SMILES string of the molecule is COc1ccc(N(c2ccc(-c3ccc(-c4ccc(N(c5cccc(C)c5)c5ccc(CO)cc5C)cc4)cc3)cc2)c2cccc(C)c2)c(C)c1. The number of hydrogen-bond acceptors (Lipinski definition) is 4. The normalized spacial score (nSPS) is 11.0. The van der Waals surface area contributed by atoms with Crippen LogP contribution in [0.2, 0.25) is 0 Å². The van der Waals surface area contributed by atoms with Crippen LogP contribution in [0.1, 0.15) is 27.8 Å². The molecule has 4 heteroatoms. The summed E-state index contributed by atoms with van der Waals surface area (Å²) >= 11 is 0. The van der Waals surface area contributed by atoms with Gasteiger partial charge in [0.15, 0.2) is 0 Å². The molecule has 0 aromatic heterocycles. The Kier molecular flexibility index (Phi) is 9.92. The third kappa shape index (κ3) is 7.20. The second-order valence-corrected chi connectivity index (χ2v) is 13.5. The Hall–Kier alpha value is -6.10. The number of aliphatic hydroxyl groups excluding tert-OH is 1. The monoisotopic (exact) mass is 680 g/mol. The molecule has 0 radical (unpaired) electrons. The predicted molar refractivity (Wildman–Crippen MR) is 218 cm³/mol. The van der Waals surface area contributed by atoms with Crippen LogP contribution in [-0.4, -0.2) is 12.2 Å².